The first kappa shape index (κ1) is 19.8. The van der Waals surface area contributed by atoms with Crippen molar-refractivity contribution in [3.05, 3.63) is 45.9 Å². The molecule has 0 radical (unpaired) electrons. The maximum Gasteiger partial charge on any atom is 0.221 e. The van der Waals surface area contributed by atoms with Crippen molar-refractivity contribution >= 4 is 17.2 Å². The van der Waals surface area contributed by atoms with Crippen molar-refractivity contribution in [3.8, 4) is 5.75 Å². The number of aryl methyl sites for hydroxylation is 1. The molecule has 3 rings (SSSR count). The van der Waals surface area contributed by atoms with E-state index in [4.69, 9.17) is 4.74 Å². The van der Waals surface area contributed by atoms with Crippen LogP contribution in [0.1, 0.15) is 48.9 Å². The number of nitrogens with one attached hydrogen (secondary N) is 1. The van der Waals surface area contributed by atoms with Crippen LogP contribution in [0.5, 0.6) is 5.75 Å². The van der Waals surface area contributed by atoms with E-state index in [0.29, 0.717) is 13.0 Å². The van der Waals surface area contributed by atoms with E-state index in [-0.39, 0.29) is 12.0 Å². The van der Waals surface area contributed by atoms with Crippen LogP contribution < -0.4 is 10.1 Å². The van der Waals surface area contributed by atoms with Crippen molar-refractivity contribution in [3.63, 3.8) is 0 Å². The summed E-state index contributed by atoms with van der Waals surface area (Å²) in [5, 5.41) is 5.95. The standard InChI is InChI=1S/C21H29N3O2S/c1-3-4-8-18-14-24(13-17-7-5-6-9-19(17)26-18)11-10-20(25)22-12-21-23-16(2)15-27-21/h5-7,9,15,18H,3-4,8,10-14H2,1-2H3,(H,22,25). The number of hydrogen-bond acceptors (Lipinski definition) is 5. The van der Waals surface area contributed by atoms with E-state index < -0.39 is 0 Å². The predicted molar refractivity (Wildman–Crippen MR) is 109 cm³/mol. The van der Waals surface area contributed by atoms with Crippen LogP contribution in [-0.4, -0.2) is 35.0 Å². The quantitative estimate of drug-likeness (QED) is 0.746. The Hall–Kier alpha value is -1.92. The number of unbranched alkanes of at least 4 members (excludes halogenated alkanes) is 1. The third-order valence-corrected chi connectivity index (χ3v) is 5.73. The normalized spacial score (nSPS) is 17.0. The molecule has 1 amide bonds. The van der Waals surface area contributed by atoms with Gasteiger partial charge in [-0.25, -0.2) is 4.98 Å². The Kier molecular flexibility index (Phi) is 7.24. The van der Waals surface area contributed by atoms with Crippen LogP contribution in [0, 0.1) is 6.92 Å². The fraction of sp³-hybridized carbons (Fsp3) is 0.524. The molecule has 2 heterocycles. The Morgan fingerprint density at radius 2 is 2.26 bits per heavy atom. The van der Waals surface area contributed by atoms with Gasteiger partial charge >= 0.3 is 0 Å². The van der Waals surface area contributed by atoms with Crippen molar-refractivity contribution in [2.75, 3.05) is 13.1 Å². The average Bonchev–Trinajstić information content (AvgIpc) is 2.99. The molecular formula is C21H29N3O2S. The number of rotatable bonds is 8. The molecule has 1 aliphatic heterocycles. The van der Waals surface area contributed by atoms with Crippen LogP contribution in [0.4, 0.5) is 0 Å². The molecule has 27 heavy (non-hydrogen) atoms. The highest BCUT2D eigenvalue weighted by molar-refractivity contribution is 7.09. The van der Waals surface area contributed by atoms with Gasteiger partial charge in [0.2, 0.25) is 5.91 Å². The molecule has 0 saturated carbocycles. The number of nitrogens with zero attached hydrogens (tertiary/aromatic N) is 2. The van der Waals surface area contributed by atoms with E-state index >= 15 is 0 Å². The van der Waals surface area contributed by atoms with Gasteiger partial charge < -0.3 is 10.1 Å². The second-order valence-electron chi connectivity index (χ2n) is 7.13. The molecule has 1 aliphatic rings. The molecule has 0 spiro atoms. The SMILES string of the molecule is CCCCC1CN(CCC(=O)NCc2nc(C)cs2)Cc2ccccc2O1. The van der Waals surface area contributed by atoms with Gasteiger partial charge in [-0.1, -0.05) is 31.5 Å². The first-order chi connectivity index (χ1) is 13.1. The molecule has 5 nitrogen and oxygen atoms in total. The predicted octanol–water partition coefficient (Wildman–Crippen LogP) is 3.91. The number of fused-ring (bicyclic) bond motifs is 1. The number of para-hydroxylation sites is 1. The monoisotopic (exact) mass is 387 g/mol. The summed E-state index contributed by atoms with van der Waals surface area (Å²) in [6.45, 7) is 7.13. The molecular weight excluding hydrogens is 358 g/mol. The Balaban J connectivity index is 1.53. The lowest BCUT2D eigenvalue weighted by Crippen LogP contribution is -2.35. The van der Waals surface area contributed by atoms with E-state index in [9.17, 15) is 4.79 Å². The van der Waals surface area contributed by atoms with Crippen molar-refractivity contribution < 1.29 is 9.53 Å². The lowest BCUT2D eigenvalue weighted by atomic mass is 10.1. The van der Waals surface area contributed by atoms with Gasteiger partial charge in [0.15, 0.2) is 0 Å². The van der Waals surface area contributed by atoms with Crippen LogP contribution in [0.15, 0.2) is 29.6 Å². The van der Waals surface area contributed by atoms with Crippen molar-refractivity contribution in [2.45, 2.75) is 58.7 Å². The van der Waals surface area contributed by atoms with Crippen LogP contribution in [0.2, 0.25) is 0 Å². The zero-order valence-electron chi connectivity index (χ0n) is 16.2. The summed E-state index contributed by atoms with van der Waals surface area (Å²) in [5.41, 5.74) is 2.21. The number of hydrogen-bond donors (Lipinski definition) is 1. The minimum absolute atomic E-state index is 0.0754. The second kappa shape index (κ2) is 9.85. The average molecular weight is 388 g/mol. The summed E-state index contributed by atoms with van der Waals surface area (Å²) < 4.78 is 6.25. The largest absolute Gasteiger partial charge is 0.489 e. The minimum Gasteiger partial charge on any atom is -0.489 e. The molecule has 1 aromatic heterocycles. The van der Waals surface area contributed by atoms with Gasteiger partial charge in [0.05, 0.1) is 6.54 Å². The first-order valence-corrected chi connectivity index (χ1v) is 10.7. The summed E-state index contributed by atoms with van der Waals surface area (Å²) in [5.74, 6) is 1.07. The highest BCUT2D eigenvalue weighted by atomic mass is 32.1. The fourth-order valence-electron chi connectivity index (χ4n) is 3.32. The Labute approximate surface area is 165 Å². The maximum absolute atomic E-state index is 12.3. The number of ether oxygens (including phenoxy) is 1. The molecule has 146 valence electrons. The molecule has 0 saturated heterocycles. The van der Waals surface area contributed by atoms with Gasteiger partial charge in [0.25, 0.3) is 0 Å². The summed E-state index contributed by atoms with van der Waals surface area (Å²) in [6.07, 6.45) is 4.06. The molecule has 0 aliphatic carbocycles. The topological polar surface area (TPSA) is 54.5 Å². The van der Waals surface area contributed by atoms with Crippen molar-refractivity contribution in [1.29, 1.82) is 0 Å². The molecule has 1 aromatic carbocycles. The molecule has 6 heteroatoms. The number of carbonyl (C=O) groups excluding carboxylic acids is 1. The number of amides is 1. The zero-order chi connectivity index (χ0) is 19.1. The van der Waals surface area contributed by atoms with Gasteiger partial charge in [-0.2, -0.15) is 0 Å². The van der Waals surface area contributed by atoms with E-state index in [1.165, 1.54) is 12.0 Å². The number of benzene rings is 1. The van der Waals surface area contributed by atoms with Gasteiger partial charge in [0.1, 0.15) is 16.9 Å². The maximum atomic E-state index is 12.3. The van der Waals surface area contributed by atoms with Gasteiger partial charge in [-0.3, -0.25) is 9.69 Å². The van der Waals surface area contributed by atoms with Gasteiger partial charge in [0, 0.05) is 42.7 Å². The molecule has 1 unspecified atom stereocenters. The van der Waals surface area contributed by atoms with Gasteiger partial charge in [-0.05, 0) is 25.8 Å². The van der Waals surface area contributed by atoms with Crippen molar-refractivity contribution in [2.24, 2.45) is 0 Å². The lowest BCUT2D eigenvalue weighted by Gasteiger charge is -2.23. The van der Waals surface area contributed by atoms with Gasteiger partial charge in [-0.15, -0.1) is 11.3 Å². The van der Waals surface area contributed by atoms with Crippen LogP contribution in [0.25, 0.3) is 0 Å². The highest BCUT2D eigenvalue weighted by Crippen LogP contribution is 2.26. The Morgan fingerprint density at radius 3 is 3.04 bits per heavy atom. The summed E-state index contributed by atoms with van der Waals surface area (Å²) in [7, 11) is 0. The molecule has 0 bridgehead atoms. The van der Waals surface area contributed by atoms with Crippen molar-refractivity contribution in [1.82, 2.24) is 15.2 Å². The smallest absolute Gasteiger partial charge is 0.221 e. The number of carbonyl (C=O) groups is 1. The molecule has 0 fully saturated rings. The summed E-state index contributed by atoms with van der Waals surface area (Å²) in [4.78, 5) is 19.0. The third-order valence-electron chi connectivity index (χ3n) is 4.76. The highest BCUT2D eigenvalue weighted by Gasteiger charge is 2.22. The van der Waals surface area contributed by atoms with E-state index in [2.05, 4.69) is 40.3 Å². The van der Waals surface area contributed by atoms with E-state index in [1.807, 2.05) is 18.4 Å². The van der Waals surface area contributed by atoms with E-state index in [0.717, 1.165) is 48.9 Å². The zero-order valence-corrected chi connectivity index (χ0v) is 17.1. The van der Waals surface area contributed by atoms with Crippen LogP contribution >= 0.6 is 11.3 Å². The minimum atomic E-state index is 0.0754. The van der Waals surface area contributed by atoms with Crippen LogP contribution in [-0.2, 0) is 17.9 Å². The third kappa shape index (κ3) is 6.04. The van der Waals surface area contributed by atoms with E-state index in [1.54, 1.807) is 11.3 Å². The summed E-state index contributed by atoms with van der Waals surface area (Å²) >= 11 is 1.59. The number of aromatic nitrogens is 1. The molecule has 2 aromatic rings. The lowest BCUT2D eigenvalue weighted by molar-refractivity contribution is -0.121. The Bertz CT molecular complexity index is 747. The summed E-state index contributed by atoms with van der Waals surface area (Å²) in [6, 6.07) is 8.25. The number of thiazole rings is 1. The fourth-order valence-corrected chi connectivity index (χ4v) is 4.03. The van der Waals surface area contributed by atoms with Crippen LogP contribution in [0.3, 0.4) is 0 Å². The first-order valence-electron chi connectivity index (χ1n) is 9.78. The molecule has 1 atom stereocenters. The Morgan fingerprint density at radius 1 is 1.41 bits per heavy atom. The molecule has 1 N–H and O–H groups in total. The second-order valence-corrected chi connectivity index (χ2v) is 8.08.